The summed E-state index contributed by atoms with van der Waals surface area (Å²) >= 11 is 1.07. The van der Waals surface area contributed by atoms with Gasteiger partial charge in [0.1, 0.15) is 22.9 Å². The molecule has 0 spiro atoms. The van der Waals surface area contributed by atoms with Crippen LogP contribution in [0.4, 0.5) is 11.5 Å². The molecule has 0 amide bonds. The van der Waals surface area contributed by atoms with Crippen LogP contribution >= 0.6 is 11.8 Å². The number of anilines is 2. The van der Waals surface area contributed by atoms with Crippen molar-refractivity contribution in [2.75, 3.05) is 18.6 Å². The summed E-state index contributed by atoms with van der Waals surface area (Å²) in [6.07, 6.45) is 1.31. The lowest BCUT2D eigenvalue weighted by Crippen LogP contribution is -2.09. The van der Waals surface area contributed by atoms with Crippen LogP contribution < -0.4 is 21.8 Å². The van der Waals surface area contributed by atoms with Crippen LogP contribution in [0.3, 0.4) is 0 Å². The summed E-state index contributed by atoms with van der Waals surface area (Å²) in [6, 6.07) is 1.19. The van der Waals surface area contributed by atoms with Crippen molar-refractivity contribution in [3.05, 3.63) is 22.7 Å². The topological polar surface area (TPSA) is 133 Å². The molecular weight excluding hydrogens is 256 g/mol. The molecule has 0 aromatic carbocycles. The molecule has 2 rings (SSSR count). The van der Waals surface area contributed by atoms with Crippen LogP contribution in [0.25, 0.3) is 0 Å². The summed E-state index contributed by atoms with van der Waals surface area (Å²) in [7, 11) is 1.45. The largest absolute Gasteiger partial charge is 0.479 e. The standard InChI is InChI=1S/C9H10N6O2S/c1-17-7-6(11)8(13-3-12-7)18-9-14-4(10)2-5(16)15-9/h2-3H,11H2,1H3,(H3,10,14,15,16). The maximum atomic E-state index is 11.2. The van der Waals surface area contributed by atoms with Crippen molar-refractivity contribution in [3.8, 4) is 5.88 Å². The number of nitrogens with one attached hydrogen (secondary N) is 1. The number of nitrogen functional groups attached to an aromatic ring is 2. The molecule has 18 heavy (non-hydrogen) atoms. The van der Waals surface area contributed by atoms with Crippen molar-refractivity contribution in [2.45, 2.75) is 10.2 Å². The predicted octanol–water partition coefficient (Wildman–Crippen LogP) is -0.116. The van der Waals surface area contributed by atoms with Gasteiger partial charge in [-0.3, -0.25) is 4.79 Å². The molecule has 8 nitrogen and oxygen atoms in total. The smallest absolute Gasteiger partial charge is 0.253 e. The Kier molecular flexibility index (Phi) is 3.33. The van der Waals surface area contributed by atoms with Gasteiger partial charge in [0, 0.05) is 6.07 Å². The number of aromatic nitrogens is 4. The Morgan fingerprint density at radius 2 is 2.17 bits per heavy atom. The van der Waals surface area contributed by atoms with E-state index in [4.69, 9.17) is 16.2 Å². The Hall–Kier alpha value is -2.29. The number of rotatable bonds is 3. The zero-order valence-corrected chi connectivity index (χ0v) is 10.2. The van der Waals surface area contributed by atoms with Gasteiger partial charge in [-0.25, -0.2) is 9.97 Å². The van der Waals surface area contributed by atoms with Crippen LogP contribution in [0.15, 0.2) is 27.4 Å². The zero-order chi connectivity index (χ0) is 13.1. The van der Waals surface area contributed by atoms with Crippen molar-refractivity contribution in [2.24, 2.45) is 0 Å². The first-order valence-electron chi connectivity index (χ1n) is 4.79. The monoisotopic (exact) mass is 266 g/mol. The summed E-state index contributed by atoms with van der Waals surface area (Å²) < 4.78 is 4.96. The summed E-state index contributed by atoms with van der Waals surface area (Å²) in [6.45, 7) is 0. The minimum atomic E-state index is -0.343. The normalized spacial score (nSPS) is 10.3. The van der Waals surface area contributed by atoms with E-state index < -0.39 is 0 Å². The van der Waals surface area contributed by atoms with Crippen molar-refractivity contribution in [3.63, 3.8) is 0 Å². The average molecular weight is 266 g/mol. The number of hydrogen-bond acceptors (Lipinski definition) is 8. The van der Waals surface area contributed by atoms with Gasteiger partial charge in [0.25, 0.3) is 5.56 Å². The molecule has 0 saturated heterocycles. The maximum absolute atomic E-state index is 11.2. The first kappa shape index (κ1) is 12.2. The van der Waals surface area contributed by atoms with E-state index in [1.54, 1.807) is 0 Å². The molecular formula is C9H10N6O2S. The molecule has 2 aromatic rings. The Bertz CT molecular complexity index is 629. The maximum Gasteiger partial charge on any atom is 0.253 e. The number of aromatic amines is 1. The van der Waals surface area contributed by atoms with Crippen molar-refractivity contribution >= 4 is 23.3 Å². The van der Waals surface area contributed by atoms with Crippen LogP contribution in [0, 0.1) is 0 Å². The first-order valence-corrected chi connectivity index (χ1v) is 5.61. The van der Waals surface area contributed by atoms with E-state index in [1.807, 2.05) is 0 Å². The second-order valence-corrected chi connectivity index (χ2v) is 4.16. The van der Waals surface area contributed by atoms with Gasteiger partial charge in [-0.2, -0.15) is 4.98 Å². The van der Waals surface area contributed by atoms with E-state index in [2.05, 4.69) is 19.9 Å². The lowest BCUT2D eigenvalue weighted by atomic mass is 10.5. The molecule has 0 fully saturated rings. The number of hydrogen-bond donors (Lipinski definition) is 3. The van der Waals surface area contributed by atoms with Gasteiger partial charge in [0.05, 0.1) is 7.11 Å². The Morgan fingerprint density at radius 3 is 2.83 bits per heavy atom. The van der Waals surface area contributed by atoms with Crippen LogP contribution in [-0.4, -0.2) is 27.0 Å². The van der Waals surface area contributed by atoms with Gasteiger partial charge in [0.2, 0.25) is 5.88 Å². The van der Waals surface area contributed by atoms with Crippen LogP contribution in [0.1, 0.15) is 0 Å². The average Bonchev–Trinajstić information content (AvgIpc) is 2.30. The molecule has 0 aliphatic carbocycles. The minimum Gasteiger partial charge on any atom is -0.479 e. The fourth-order valence-corrected chi connectivity index (χ4v) is 1.98. The quantitative estimate of drug-likeness (QED) is 0.517. The van der Waals surface area contributed by atoms with Gasteiger partial charge in [-0.05, 0) is 11.8 Å². The summed E-state index contributed by atoms with van der Waals surface area (Å²) in [5.74, 6) is 0.389. The molecule has 0 unspecified atom stereocenters. The molecule has 9 heteroatoms. The van der Waals surface area contributed by atoms with Crippen molar-refractivity contribution in [1.82, 2.24) is 19.9 Å². The van der Waals surface area contributed by atoms with Gasteiger partial charge in [0.15, 0.2) is 5.16 Å². The van der Waals surface area contributed by atoms with Gasteiger partial charge in [-0.15, -0.1) is 0 Å². The third-order valence-corrected chi connectivity index (χ3v) is 2.84. The highest BCUT2D eigenvalue weighted by Crippen LogP contribution is 2.31. The molecule has 5 N–H and O–H groups in total. The Morgan fingerprint density at radius 1 is 1.39 bits per heavy atom. The number of nitrogens with two attached hydrogens (primary N) is 2. The van der Waals surface area contributed by atoms with E-state index in [1.165, 1.54) is 19.5 Å². The molecule has 0 atom stereocenters. The van der Waals surface area contributed by atoms with Crippen LogP contribution in [-0.2, 0) is 0 Å². The van der Waals surface area contributed by atoms with E-state index in [-0.39, 0.29) is 22.9 Å². The first-order chi connectivity index (χ1) is 8.60. The summed E-state index contributed by atoms with van der Waals surface area (Å²) in [4.78, 5) is 25.5. The lowest BCUT2D eigenvalue weighted by Gasteiger charge is -2.06. The number of nitrogens with zero attached hydrogens (tertiary/aromatic N) is 3. The molecule has 0 radical (unpaired) electrons. The molecule has 2 heterocycles. The molecule has 0 aliphatic heterocycles. The van der Waals surface area contributed by atoms with Gasteiger partial charge >= 0.3 is 0 Å². The second kappa shape index (κ2) is 4.92. The van der Waals surface area contributed by atoms with Crippen molar-refractivity contribution < 1.29 is 4.74 Å². The lowest BCUT2D eigenvalue weighted by molar-refractivity contribution is 0.397. The van der Waals surface area contributed by atoms with Crippen LogP contribution in [0.2, 0.25) is 0 Å². The van der Waals surface area contributed by atoms with Crippen molar-refractivity contribution in [1.29, 1.82) is 0 Å². The van der Waals surface area contributed by atoms with E-state index in [9.17, 15) is 4.79 Å². The third-order valence-electron chi connectivity index (χ3n) is 1.94. The second-order valence-electron chi connectivity index (χ2n) is 3.18. The number of methoxy groups -OCH3 is 1. The Balaban J connectivity index is 2.37. The van der Waals surface area contributed by atoms with E-state index in [0.717, 1.165) is 11.8 Å². The number of ether oxygens (including phenoxy) is 1. The van der Waals surface area contributed by atoms with E-state index >= 15 is 0 Å². The van der Waals surface area contributed by atoms with Gasteiger partial charge < -0.3 is 21.2 Å². The predicted molar refractivity (Wildman–Crippen MR) is 66.4 cm³/mol. The number of H-pyrrole nitrogens is 1. The molecule has 0 bridgehead atoms. The zero-order valence-electron chi connectivity index (χ0n) is 9.38. The third kappa shape index (κ3) is 2.51. The SMILES string of the molecule is COc1ncnc(Sc2nc(N)cc(=O)[nH]2)c1N. The highest BCUT2D eigenvalue weighted by atomic mass is 32.2. The summed E-state index contributed by atoms with van der Waals surface area (Å²) in [5.41, 5.74) is 11.2. The molecule has 0 aliphatic rings. The van der Waals surface area contributed by atoms with E-state index in [0.29, 0.717) is 10.2 Å². The minimum absolute atomic E-state index is 0.126. The highest BCUT2D eigenvalue weighted by molar-refractivity contribution is 7.99. The highest BCUT2D eigenvalue weighted by Gasteiger charge is 2.11. The van der Waals surface area contributed by atoms with Gasteiger partial charge in [-0.1, -0.05) is 0 Å². The fourth-order valence-electron chi connectivity index (χ4n) is 1.20. The fraction of sp³-hybridized carbons (Fsp3) is 0.111. The molecule has 94 valence electrons. The van der Waals surface area contributed by atoms with Crippen LogP contribution in [0.5, 0.6) is 5.88 Å². The molecule has 0 saturated carbocycles. The molecule has 2 aromatic heterocycles. The Labute approximate surface area is 106 Å². The summed E-state index contributed by atoms with van der Waals surface area (Å²) in [5, 5.41) is 0.725.